The van der Waals surface area contributed by atoms with Gasteiger partial charge in [0.1, 0.15) is 0 Å². The highest BCUT2D eigenvalue weighted by Gasteiger charge is 2.38. The molecule has 19 heavy (non-hydrogen) atoms. The standard InChI is InChI=1S/C16H29N3/c1-12(16-9-13-4-5-14(16)8-13)17-10-15-11-18(2)6-7-19(15)3/h4-5,12-17H,6-11H2,1-3H3. The fourth-order valence-corrected chi connectivity index (χ4v) is 4.19. The largest absolute Gasteiger partial charge is 0.312 e. The zero-order valence-electron chi connectivity index (χ0n) is 12.7. The Labute approximate surface area is 118 Å². The van der Waals surface area contributed by atoms with E-state index in [9.17, 15) is 0 Å². The minimum Gasteiger partial charge on any atom is -0.312 e. The van der Waals surface area contributed by atoms with Crippen LogP contribution in [0.15, 0.2) is 12.2 Å². The van der Waals surface area contributed by atoms with Crippen molar-refractivity contribution in [2.24, 2.45) is 17.8 Å². The van der Waals surface area contributed by atoms with Crippen LogP contribution in [0.3, 0.4) is 0 Å². The van der Waals surface area contributed by atoms with Gasteiger partial charge in [-0.15, -0.1) is 0 Å². The molecule has 0 aromatic heterocycles. The molecule has 0 aromatic carbocycles. The first kappa shape index (κ1) is 13.6. The van der Waals surface area contributed by atoms with Gasteiger partial charge in [-0.25, -0.2) is 0 Å². The third-order valence-corrected chi connectivity index (χ3v) is 5.63. The van der Waals surface area contributed by atoms with Crippen LogP contribution in [0.25, 0.3) is 0 Å². The number of allylic oxidation sites excluding steroid dienone is 2. The highest BCUT2D eigenvalue weighted by atomic mass is 15.3. The molecule has 0 radical (unpaired) electrons. The smallest absolute Gasteiger partial charge is 0.0345 e. The van der Waals surface area contributed by atoms with Crippen molar-refractivity contribution in [3.05, 3.63) is 12.2 Å². The summed E-state index contributed by atoms with van der Waals surface area (Å²) in [4.78, 5) is 4.97. The number of hydrogen-bond donors (Lipinski definition) is 1. The van der Waals surface area contributed by atoms with Gasteiger partial charge in [0.25, 0.3) is 0 Å². The van der Waals surface area contributed by atoms with Crippen LogP contribution in [0, 0.1) is 17.8 Å². The molecule has 1 heterocycles. The van der Waals surface area contributed by atoms with Gasteiger partial charge in [0, 0.05) is 38.3 Å². The summed E-state index contributed by atoms with van der Waals surface area (Å²) in [6.45, 7) is 7.14. The maximum Gasteiger partial charge on any atom is 0.0345 e. The molecule has 5 atom stereocenters. The molecule has 3 rings (SSSR count). The summed E-state index contributed by atoms with van der Waals surface area (Å²) in [5.41, 5.74) is 0. The van der Waals surface area contributed by atoms with Gasteiger partial charge < -0.3 is 10.2 Å². The van der Waals surface area contributed by atoms with E-state index in [2.05, 4.69) is 48.3 Å². The molecule has 5 unspecified atom stereocenters. The molecular formula is C16H29N3. The number of nitrogens with zero attached hydrogens (tertiary/aromatic N) is 2. The molecule has 3 nitrogen and oxygen atoms in total. The lowest BCUT2D eigenvalue weighted by Gasteiger charge is -2.39. The number of hydrogen-bond acceptors (Lipinski definition) is 3. The summed E-state index contributed by atoms with van der Waals surface area (Å²) in [5.74, 6) is 2.63. The van der Waals surface area contributed by atoms with E-state index >= 15 is 0 Å². The Hall–Kier alpha value is -0.380. The first-order chi connectivity index (χ1) is 9.13. The molecule has 3 aliphatic rings. The molecule has 0 amide bonds. The van der Waals surface area contributed by atoms with Crippen LogP contribution in [0.4, 0.5) is 0 Å². The van der Waals surface area contributed by atoms with Crippen LogP contribution in [0.1, 0.15) is 19.8 Å². The quantitative estimate of drug-likeness (QED) is 0.774. The molecule has 1 N–H and O–H groups in total. The van der Waals surface area contributed by atoms with E-state index in [0.29, 0.717) is 12.1 Å². The van der Waals surface area contributed by atoms with Crippen molar-refractivity contribution in [2.45, 2.75) is 31.8 Å². The van der Waals surface area contributed by atoms with Crippen LogP contribution in [-0.4, -0.2) is 62.2 Å². The van der Waals surface area contributed by atoms with E-state index in [-0.39, 0.29) is 0 Å². The molecule has 2 bridgehead atoms. The summed E-state index contributed by atoms with van der Waals surface area (Å²) in [6, 6.07) is 1.34. The lowest BCUT2D eigenvalue weighted by Crippen LogP contribution is -2.55. The van der Waals surface area contributed by atoms with Crippen molar-refractivity contribution < 1.29 is 0 Å². The Bertz CT molecular complexity index is 341. The van der Waals surface area contributed by atoms with Crippen LogP contribution in [0.2, 0.25) is 0 Å². The molecule has 1 aliphatic heterocycles. The van der Waals surface area contributed by atoms with Crippen molar-refractivity contribution in [3.63, 3.8) is 0 Å². The van der Waals surface area contributed by atoms with E-state index in [1.54, 1.807) is 0 Å². The third-order valence-electron chi connectivity index (χ3n) is 5.63. The number of nitrogens with one attached hydrogen (secondary N) is 1. The summed E-state index contributed by atoms with van der Waals surface area (Å²) in [6.07, 6.45) is 7.74. The maximum absolute atomic E-state index is 3.83. The number of likely N-dealkylation sites (N-methyl/N-ethyl adjacent to an activating group) is 2. The summed E-state index contributed by atoms with van der Waals surface area (Å²) < 4.78 is 0. The van der Waals surface area contributed by atoms with E-state index in [1.165, 1.54) is 32.5 Å². The van der Waals surface area contributed by atoms with Gasteiger partial charge in [-0.2, -0.15) is 0 Å². The van der Waals surface area contributed by atoms with E-state index in [1.807, 2.05) is 0 Å². The van der Waals surface area contributed by atoms with Crippen LogP contribution in [0.5, 0.6) is 0 Å². The van der Waals surface area contributed by atoms with Crippen molar-refractivity contribution >= 4 is 0 Å². The molecule has 2 fully saturated rings. The molecule has 1 saturated heterocycles. The van der Waals surface area contributed by atoms with Crippen molar-refractivity contribution in [1.29, 1.82) is 0 Å². The highest BCUT2D eigenvalue weighted by molar-refractivity contribution is 5.11. The van der Waals surface area contributed by atoms with Crippen molar-refractivity contribution in [1.82, 2.24) is 15.1 Å². The average molecular weight is 263 g/mol. The molecular weight excluding hydrogens is 234 g/mol. The van der Waals surface area contributed by atoms with E-state index in [4.69, 9.17) is 0 Å². The number of piperazine rings is 1. The Morgan fingerprint density at radius 3 is 2.74 bits per heavy atom. The molecule has 3 heteroatoms. The van der Waals surface area contributed by atoms with Crippen LogP contribution < -0.4 is 5.32 Å². The minimum absolute atomic E-state index is 0.667. The average Bonchev–Trinajstić information content (AvgIpc) is 3.02. The zero-order valence-corrected chi connectivity index (χ0v) is 12.7. The van der Waals surface area contributed by atoms with Crippen LogP contribution in [-0.2, 0) is 0 Å². The molecule has 1 saturated carbocycles. The first-order valence-corrected chi connectivity index (χ1v) is 7.94. The van der Waals surface area contributed by atoms with Gasteiger partial charge in [-0.1, -0.05) is 12.2 Å². The second-order valence-electron chi connectivity index (χ2n) is 7.04. The minimum atomic E-state index is 0.667. The van der Waals surface area contributed by atoms with Gasteiger partial charge >= 0.3 is 0 Å². The molecule has 108 valence electrons. The molecule has 0 spiro atoms. The number of fused-ring (bicyclic) bond motifs is 2. The van der Waals surface area contributed by atoms with E-state index < -0.39 is 0 Å². The Balaban J connectivity index is 1.47. The lowest BCUT2D eigenvalue weighted by atomic mass is 9.87. The second-order valence-corrected chi connectivity index (χ2v) is 7.04. The van der Waals surface area contributed by atoms with Crippen molar-refractivity contribution in [3.8, 4) is 0 Å². The Morgan fingerprint density at radius 2 is 2.05 bits per heavy atom. The van der Waals surface area contributed by atoms with E-state index in [0.717, 1.165) is 24.3 Å². The van der Waals surface area contributed by atoms with Gasteiger partial charge in [0.2, 0.25) is 0 Å². The van der Waals surface area contributed by atoms with Gasteiger partial charge in [0.15, 0.2) is 0 Å². The SMILES string of the molecule is CC(NCC1CN(C)CCN1C)C1CC2C=CC1C2. The Morgan fingerprint density at radius 1 is 1.21 bits per heavy atom. The lowest BCUT2D eigenvalue weighted by molar-refractivity contribution is 0.109. The predicted octanol–water partition coefficient (Wildman–Crippen LogP) is 1.42. The summed E-state index contributed by atoms with van der Waals surface area (Å²) in [7, 11) is 4.51. The highest BCUT2D eigenvalue weighted by Crippen LogP contribution is 2.44. The fraction of sp³-hybridized carbons (Fsp3) is 0.875. The monoisotopic (exact) mass is 263 g/mol. The van der Waals surface area contributed by atoms with Crippen LogP contribution >= 0.6 is 0 Å². The zero-order chi connectivity index (χ0) is 13.4. The Kier molecular flexibility index (Phi) is 3.97. The topological polar surface area (TPSA) is 18.5 Å². The predicted molar refractivity (Wildman–Crippen MR) is 80.2 cm³/mol. The second kappa shape index (κ2) is 5.55. The van der Waals surface area contributed by atoms with Gasteiger partial charge in [-0.05, 0) is 51.6 Å². The number of rotatable bonds is 4. The first-order valence-electron chi connectivity index (χ1n) is 7.94. The van der Waals surface area contributed by atoms with Gasteiger partial charge in [-0.3, -0.25) is 4.90 Å². The van der Waals surface area contributed by atoms with Gasteiger partial charge in [0.05, 0.1) is 0 Å². The molecule has 0 aromatic rings. The summed E-state index contributed by atoms with van der Waals surface area (Å²) >= 11 is 0. The molecule has 2 aliphatic carbocycles. The summed E-state index contributed by atoms with van der Waals surface area (Å²) in [5, 5.41) is 3.83. The maximum atomic E-state index is 3.83. The fourth-order valence-electron chi connectivity index (χ4n) is 4.19. The normalized spacial score (nSPS) is 41.0. The third kappa shape index (κ3) is 2.88. The van der Waals surface area contributed by atoms with Crippen molar-refractivity contribution in [2.75, 3.05) is 40.3 Å².